The number of rotatable bonds is 2. The molecule has 120 valence electrons. The molecule has 0 unspecified atom stereocenters. The van der Waals surface area contributed by atoms with Gasteiger partial charge >= 0.3 is 6.01 Å². The lowest BCUT2D eigenvalue weighted by molar-refractivity contribution is -0.142. The zero-order chi connectivity index (χ0) is 15.2. The second-order valence-corrected chi connectivity index (χ2v) is 6.79. The summed E-state index contributed by atoms with van der Waals surface area (Å²) in [6, 6.07) is 0.492. The summed E-state index contributed by atoms with van der Waals surface area (Å²) in [6.45, 7) is 1.79. The van der Waals surface area contributed by atoms with Gasteiger partial charge < -0.3 is 19.7 Å². The Balaban J connectivity index is 1.55. The second kappa shape index (κ2) is 5.22. The molecule has 1 saturated carbocycles. The highest BCUT2D eigenvalue weighted by molar-refractivity contribution is 5.85. The molecule has 1 aliphatic carbocycles. The van der Waals surface area contributed by atoms with Crippen LogP contribution in [0.5, 0.6) is 0 Å². The van der Waals surface area contributed by atoms with Crippen LogP contribution in [0.15, 0.2) is 4.42 Å². The molecule has 7 heteroatoms. The Morgan fingerprint density at radius 3 is 2.86 bits per heavy atom. The third kappa shape index (κ3) is 2.10. The third-order valence-corrected chi connectivity index (χ3v) is 5.48. The molecule has 0 radical (unpaired) electrons. The number of hydrogen-bond acceptors (Lipinski definition) is 6. The maximum atomic E-state index is 12.4. The van der Waals surface area contributed by atoms with E-state index in [1.54, 1.807) is 0 Å². The summed E-state index contributed by atoms with van der Waals surface area (Å²) >= 11 is 0. The fourth-order valence-electron chi connectivity index (χ4n) is 3.78. The van der Waals surface area contributed by atoms with Gasteiger partial charge in [-0.25, -0.2) is 0 Å². The topological polar surface area (TPSA) is 91.5 Å². The quantitative estimate of drug-likeness (QED) is 0.840. The van der Waals surface area contributed by atoms with Gasteiger partial charge in [0.1, 0.15) is 0 Å². The van der Waals surface area contributed by atoms with Crippen molar-refractivity contribution in [1.82, 2.24) is 15.5 Å². The lowest BCUT2D eigenvalue weighted by atomic mass is 9.71. The first-order chi connectivity index (χ1) is 10.7. The van der Waals surface area contributed by atoms with Gasteiger partial charge in [-0.3, -0.25) is 4.79 Å². The number of amides is 1. The number of nitrogens with zero attached hydrogens (tertiary/aromatic N) is 3. The molecule has 0 bridgehead atoms. The summed E-state index contributed by atoms with van der Waals surface area (Å²) in [7, 11) is 0. The SMILES string of the molecule is O=C1NCCC[C@]12CN(c1nnc(C3CCC3)o1)CC[C@H]2O. The first kappa shape index (κ1) is 14.0. The zero-order valence-corrected chi connectivity index (χ0v) is 12.6. The molecule has 7 nitrogen and oxygen atoms in total. The molecule has 1 spiro atoms. The fraction of sp³-hybridized carbons (Fsp3) is 0.800. The first-order valence-electron chi connectivity index (χ1n) is 8.24. The van der Waals surface area contributed by atoms with Crippen molar-refractivity contribution in [2.24, 2.45) is 5.41 Å². The van der Waals surface area contributed by atoms with E-state index in [2.05, 4.69) is 15.5 Å². The van der Waals surface area contributed by atoms with Crippen LogP contribution in [0.2, 0.25) is 0 Å². The summed E-state index contributed by atoms with van der Waals surface area (Å²) in [5, 5.41) is 21.6. The predicted octanol–water partition coefficient (Wildman–Crippen LogP) is 0.804. The van der Waals surface area contributed by atoms with Gasteiger partial charge in [0.2, 0.25) is 11.8 Å². The number of aromatic nitrogens is 2. The van der Waals surface area contributed by atoms with E-state index >= 15 is 0 Å². The summed E-state index contributed by atoms with van der Waals surface area (Å²) in [4.78, 5) is 14.3. The lowest BCUT2D eigenvalue weighted by Gasteiger charge is -2.46. The number of nitrogens with one attached hydrogen (secondary N) is 1. The summed E-state index contributed by atoms with van der Waals surface area (Å²) in [5.41, 5.74) is -0.735. The molecule has 3 aliphatic rings. The van der Waals surface area contributed by atoms with E-state index < -0.39 is 11.5 Å². The summed E-state index contributed by atoms with van der Waals surface area (Å²) in [6.07, 6.45) is 5.02. The van der Waals surface area contributed by atoms with Gasteiger partial charge in [-0.15, -0.1) is 5.10 Å². The van der Waals surface area contributed by atoms with Crippen molar-refractivity contribution in [2.75, 3.05) is 24.5 Å². The Morgan fingerprint density at radius 1 is 1.27 bits per heavy atom. The Kier molecular flexibility index (Phi) is 3.32. The van der Waals surface area contributed by atoms with E-state index in [-0.39, 0.29) is 5.91 Å². The molecule has 2 atom stereocenters. The number of piperidine rings is 2. The van der Waals surface area contributed by atoms with Crippen LogP contribution in [0.25, 0.3) is 0 Å². The Labute approximate surface area is 129 Å². The van der Waals surface area contributed by atoms with Crippen molar-refractivity contribution >= 4 is 11.9 Å². The van der Waals surface area contributed by atoms with Crippen molar-refractivity contribution in [3.05, 3.63) is 5.89 Å². The van der Waals surface area contributed by atoms with E-state index in [9.17, 15) is 9.90 Å². The predicted molar refractivity (Wildman–Crippen MR) is 78.4 cm³/mol. The van der Waals surface area contributed by atoms with Gasteiger partial charge in [-0.2, -0.15) is 0 Å². The number of aliphatic hydroxyl groups excluding tert-OH is 1. The molecule has 3 fully saturated rings. The number of hydrogen-bond donors (Lipinski definition) is 2. The van der Waals surface area contributed by atoms with E-state index in [1.807, 2.05) is 4.90 Å². The molecule has 2 N–H and O–H groups in total. The maximum absolute atomic E-state index is 12.4. The smallest absolute Gasteiger partial charge is 0.318 e. The fourth-order valence-corrected chi connectivity index (χ4v) is 3.78. The average Bonchev–Trinajstić information content (AvgIpc) is 2.92. The maximum Gasteiger partial charge on any atom is 0.318 e. The number of carbonyl (C=O) groups is 1. The van der Waals surface area contributed by atoms with Gasteiger partial charge in [-0.1, -0.05) is 11.5 Å². The van der Waals surface area contributed by atoms with Crippen molar-refractivity contribution < 1.29 is 14.3 Å². The minimum Gasteiger partial charge on any atom is -0.408 e. The molecule has 1 amide bonds. The van der Waals surface area contributed by atoms with Gasteiger partial charge in [0.25, 0.3) is 0 Å². The normalized spacial score (nSPS) is 32.9. The molecule has 22 heavy (non-hydrogen) atoms. The molecule has 2 saturated heterocycles. The highest BCUT2D eigenvalue weighted by atomic mass is 16.4. The van der Waals surface area contributed by atoms with Crippen LogP contribution in [-0.4, -0.2) is 46.9 Å². The standard InChI is InChI=1S/C15H22N4O3/c20-11-5-8-19(9-15(11)6-2-7-16-13(15)21)14-18-17-12(22-14)10-3-1-4-10/h10-11,20H,1-9H2,(H,16,21)/t11-,15-/m1/s1. The van der Waals surface area contributed by atoms with Gasteiger partial charge in [-0.05, 0) is 32.1 Å². The largest absolute Gasteiger partial charge is 0.408 e. The average molecular weight is 306 g/mol. The Bertz CT molecular complexity index is 571. The Hall–Kier alpha value is -1.63. The van der Waals surface area contributed by atoms with Crippen molar-refractivity contribution in [3.63, 3.8) is 0 Å². The van der Waals surface area contributed by atoms with Crippen molar-refractivity contribution in [3.8, 4) is 0 Å². The first-order valence-corrected chi connectivity index (χ1v) is 8.24. The number of anilines is 1. The van der Waals surface area contributed by atoms with Crippen molar-refractivity contribution in [1.29, 1.82) is 0 Å². The van der Waals surface area contributed by atoms with Crippen LogP contribution < -0.4 is 10.2 Å². The van der Waals surface area contributed by atoms with E-state index in [0.717, 1.165) is 25.2 Å². The van der Waals surface area contributed by atoms with Crippen molar-refractivity contribution in [2.45, 2.75) is 50.5 Å². The molecule has 4 rings (SSSR count). The number of carbonyl (C=O) groups excluding carboxylic acids is 1. The van der Waals surface area contributed by atoms with E-state index in [0.29, 0.717) is 44.4 Å². The summed E-state index contributed by atoms with van der Waals surface area (Å²) < 4.78 is 5.82. The van der Waals surface area contributed by atoms with Crippen LogP contribution in [0.1, 0.15) is 50.3 Å². The summed E-state index contributed by atoms with van der Waals surface area (Å²) in [5.74, 6) is 1.08. The second-order valence-electron chi connectivity index (χ2n) is 6.79. The van der Waals surface area contributed by atoms with Gasteiger partial charge in [0.05, 0.1) is 11.5 Å². The van der Waals surface area contributed by atoms with Crippen LogP contribution >= 0.6 is 0 Å². The van der Waals surface area contributed by atoms with Crippen LogP contribution in [-0.2, 0) is 4.79 Å². The van der Waals surface area contributed by atoms with E-state index in [4.69, 9.17) is 4.42 Å². The van der Waals surface area contributed by atoms with Gasteiger partial charge in [0, 0.05) is 25.6 Å². The molecule has 0 aromatic carbocycles. The Morgan fingerprint density at radius 2 is 2.14 bits per heavy atom. The minimum absolute atomic E-state index is 0.0466. The number of aliphatic hydroxyl groups is 1. The van der Waals surface area contributed by atoms with Crippen LogP contribution in [0.3, 0.4) is 0 Å². The molecule has 1 aromatic rings. The van der Waals surface area contributed by atoms with E-state index in [1.165, 1.54) is 6.42 Å². The molecular formula is C15H22N4O3. The monoisotopic (exact) mass is 306 g/mol. The van der Waals surface area contributed by atoms with Gasteiger partial charge in [0.15, 0.2) is 0 Å². The lowest BCUT2D eigenvalue weighted by Crippen LogP contribution is -2.61. The molecule has 3 heterocycles. The molecule has 1 aromatic heterocycles. The highest BCUT2D eigenvalue weighted by Gasteiger charge is 2.50. The molecule has 2 aliphatic heterocycles. The zero-order valence-electron chi connectivity index (χ0n) is 12.6. The molecular weight excluding hydrogens is 284 g/mol. The highest BCUT2D eigenvalue weighted by Crippen LogP contribution is 2.40. The minimum atomic E-state index is -0.735. The third-order valence-electron chi connectivity index (χ3n) is 5.48. The van der Waals surface area contributed by atoms with Crippen LogP contribution in [0.4, 0.5) is 6.01 Å². The van der Waals surface area contributed by atoms with Crippen LogP contribution in [0, 0.1) is 5.41 Å².